The summed E-state index contributed by atoms with van der Waals surface area (Å²) in [5.41, 5.74) is 9.77. The molecule has 0 saturated carbocycles. The third kappa shape index (κ3) is 2.51. The molecule has 3 aliphatic carbocycles. The van der Waals surface area contributed by atoms with Crippen molar-refractivity contribution in [3.63, 3.8) is 0 Å². The quantitative estimate of drug-likeness (QED) is 0.300. The molecule has 1 spiro atoms. The fourth-order valence-electron chi connectivity index (χ4n) is 5.78. The molecule has 0 nitrogen and oxygen atoms in total. The van der Waals surface area contributed by atoms with Gasteiger partial charge in [0.25, 0.3) is 0 Å². The number of halogens is 2. The summed E-state index contributed by atoms with van der Waals surface area (Å²) in [4.78, 5) is 1.12. The number of benzene rings is 4. The molecule has 0 fully saturated rings. The minimum atomic E-state index is -0.380. The molecule has 0 atom stereocenters. The van der Waals surface area contributed by atoms with Gasteiger partial charge >= 0.3 is 0 Å². The fourth-order valence-corrected chi connectivity index (χ4v) is 7.41. The molecule has 3 heteroatoms. The minimum Gasteiger partial charge on any atom is -0.207 e. The van der Waals surface area contributed by atoms with E-state index >= 15 is 0 Å². The van der Waals surface area contributed by atoms with Crippen molar-refractivity contribution in [1.82, 2.24) is 0 Å². The highest BCUT2D eigenvalue weighted by molar-refractivity contribution is 8.10. The van der Waals surface area contributed by atoms with Gasteiger partial charge in [-0.05, 0) is 74.9 Å². The van der Waals surface area contributed by atoms with E-state index in [2.05, 4.69) is 54.6 Å². The number of hydrogen-bond donors (Lipinski definition) is 0. The average molecular weight is 449 g/mol. The Kier molecular flexibility index (Phi) is 3.92. The summed E-state index contributed by atoms with van der Waals surface area (Å²) in [6, 6.07) is 31.0. The maximum atomic E-state index is 13.8. The molecular weight excluding hydrogens is 430 g/mol. The molecule has 8 rings (SSSR count). The van der Waals surface area contributed by atoms with Crippen molar-refractivity contribution in [2.24, 2.45) is 0 Å². The van der Waals surface area contributed by atoms with Crippen LogP contribution in [0.1, 0.15) is 39.3 Å². The highest BCUT2D eigenvalue weighted by atomic mass is 32.2. The van der Waals surface area contributed by atoms with Crippen LogP contribution >= 0.6 is 11.8 Å². The summed E-state index contributed by atoms with van der Waals surface area (Å²) >= 11 is 1.83. The van der Waals surface area contributed by atoms with Crippen molar-refractivity contribution in [3.05, 3.63) is 154 Å². The smallest absolute Gasteiger partial charge is 0.123 e. The van der Waals surface area contributed by atoms with Gasteiger partial charge in [0.1, 0.15) is 11.6 Å². The predicted octanol–water partition coefficient (Wildman–Crippen LogP) is 7.91. The average Bonchev–Trinajstić information content (AvgIpc) is 3.27. The molecule has 1 aliphatic heterocycles. The number of rotatable bonds is 2. The van der Waals surface area contributed by atoms with E-state index < -0.39 is 0 Å². The van der Waals surface area contributed by atoms with Crippen molar-refractivity contribution >= 4 is 22.2 Å². The monoisotopic (exact) mass is 448 g/mol. The zero-order valence-corrected chi connectivity index (χ0v) is 18.4. The molecule has 0 amide bonds. The SMILES string of the molecule is Fc1ccc(C2=CC3=C(c4ccc(F)cc4)C4c5ccccc5C3(S2)c2ccccc24)cc1. The Bertz CT molecular complexity index is 1450. The molecule has 0 unspecified atom stereocenters. The Morgan fingerprint density at radius 3 is 1.70 bits per heavy atom. The Morgan fingerprint density at radius 1 is 0.606 bits per heavy atom. The van der Waals surface area contributed by atoms with Gasteiger partial charge in [0.05, 0.1) is 4.75 Å². The van der Waals surface area contributed by atoms with Crippen LogP contribution in [0, 0.1) is 11.6 Å². The van der Waals surface area contributed by atoms with Crippen molar-refractivity contribution in [1.29, 1.82) is 0 Å². The van der Waals surface area contributed by atoms with Crippen molar-refractivity contribution in [2.75, 3.05) is 0 Å². The number of thioether (sulfide) groups is 1. The molecule has 158 valence electrons. The first-order valence-electron chi connectivity index (χ1n) is 11.0. The summed E-state index contributed by atoms with van der Waals surface area (Å²) in [6.45, 7) is 0. The van der Waals surface area contributed by atoms with E-state index in [1.807, 2.05) is 36.0 Å². The lowest BCUT2D eigenvalue weighted by Crippen LogP contribution is -2.37. The molecule has 0 saturated heterocycles. The highest BCUT2D eigenvalue weighted by Gasteiger charge is 2.55. The van der Waals surface area contributed by atoms with Gasteiger partial charge in [-0.3, -0.25) is 0 Å². The van der Waals surface area contributed by atoms with Crippen LogP contribution in [0.15, 0.2) is 109 Å². The van der Waals surface area contributed by atoms with E-state index in [4.69, 9.17) is 0 Å². The Hall–Kier alpha value is -3.43. The van der Waals surface area contributed by atoms with E-state index in [9.17, 15) is 8.78 Å². The molecule has 2 bridgehead atoms. The molecule has 1 heterocycles. The lowest BCUT2D eigenvalue weighted by molar-refractivity contribution is 0.627. The topological polar surface area (TPSA) is 0 Å². The summed E-state index contributed by atoms with van der Waals surface area (Å²) < 4.78 is 27.1. The van der Waals surface area contributed by atoms with Crippen LogP contribution in [0.5, 0.6) is 0 Å². The van der Waals surface area contributed by atoms with E-state index in [1.54, 1.807) is 12.1 Å². The second kappa shape index (κ2) is 6.79. The molecule has 0 radical (unpaired) electrons. The maximum absolute atomic E-state index is 13.8. The van der Waals surface area contributed by atoms with Crippen molar-refractivity contribution < 1.29 is 8.78 Å². The summed E-state index contributed by atoms with van der Waals surface area (Å²) in [5.74, 6) is -0.380. The van der Waals surface area contributed by atoms with Gasteiger partial charge in [0.15, 0.2) is 0 Å². The molecule has 0 aromatic heterocycles. The first-order chi connectivity index (χ1) is 16.2. The van der Waals surface area contributed by atoms with Crippen molar-refractivity contribution in [2.45, 2.75) is 10.7 Å². The molecular formula is C30H18F2S. The van der Waals surface area contributed by atoms with Gasteiger partial charge in [-0.2, -0.15) is 0 Å². The van der Waals surface area contributed by atoms with Crippen LogP contribution in [-0.4, -0.2) is 0 Å². The van der Waals surface area contributed by atoms with Gasteiger partial charge in [0.2, 0.25) is 0 Å². The van der Waals surface area contributed by atoms with Crippen LogP contribution < -0.4 is 0 Å². The Labute approximate surface area is 195 Å². The highest BCUT2D eigenvalue weighted by Crippen LogP contribution is 2.70. The van der Waals surface area contributed by atoms with E-state index in [-0.39, 0.29) is 22.3 Å². The molecule has 4 aromatic rings. The normalized spacial score (nSPS) is 22.0. The van der Waals surface area contributed by atoms with Crippen LogP contribution in [0.25, 0.3) is 10.5 Å². The van der Waals surface area contributed by atoms with Crippen molar-refractivity contribution in [3.8, 4) is 0 Å². The maximum Gasteiger partial charge on any atom is 0.123 e. The summed E-state index contributed by atoms with van der Waals surface area (Å²) in [5, 5.41) is 0. The van der Waals surface area contributed by atoms with Crippen LogP contribution in [0.2, 0.25) is 0 Å². The van der Waals surface area contributed by atoms with E-state index in [0.717, 1.165) is 16.0 Å². The fraction of sp³-hybridized carbons (Fsp3) is 0.0667. The second-order valence-electron chi connectivity index (χ2n) is 8.74. The zero-order valence-electron chi connectivity index (χ0n) is 17.6. The van der Waals surface area contributed by atoms with Crippen LogP contribution in [0.3, 0.4) is 0 Å². The molecule has 4 aromatic carbocycles. The third-order valence-corrected chi connectivity index (χ3v) is 8.62. The largest absolute Gasteiger partial charge is 0.207 e. The summed E-state index contributed by atoms with van der Waals surface area (Å²) in [7, 11) is 0. The van der Waals surface area contributed by atoms with Crippen LogP contribution in [0.4, 0.5) is 8.78 Å². The lowest BCUT2D eigenvalue weighted by Gasteiger charge is -2.49. The van der Waals surface area contributed by atoms with Gasteiger partial charge < -0.3 is 0 Å². The Morgan fingerprint density at radius 2 is 1.12 bits per heavy atom. The second-order valence-corrected chi connectivity index (χ2v) is 10.00. The van der Waals surface area contributed by atoms with Gasteiger partial charge in [-0.25, -0.2) is 8.78 Å². The number of allylic oxidation sites excluding steroid dienone is 2. The van der Waals surface area contributed by atoms with Gasteiger partial charge in [0, 0.05) is 10.8 Å². The predicted molar refractivity (Wildman–Crippen MR) is 131 cm³/mol. The minimum absolute atomic E-state index is 0.0872. The molecule has 33 heavy (non-hydrogen) atoms. The number of hydrogen-bond acceptors (Lipinski definition) is 1. The van der Waals surface area contributed by atoms with Gasteiger partial charge in [-0.1, -0.05) is 72.8 Å². The Balaban J connectivity index is 1.57. The molecule has 4 aliphatic rings. The van der Waals surface area contributed by atoms with E-state index in [1.165, 1.54) is 45.5 Å². The first-order valence-corrected chi connectivity index (χ1v) is 11.8. The van der Waals surface area contributed by atoms with E-state index in [0.29, 0.717) is 0 Å². The summed E-state index contributed by atoms with van der Waals surface area (Å²) in [6.07, 6.45) is 2.27. The lowest BCUT2D eigenvalue weighted by atomic mass is 9.59. The zero-order chi connectivity index (χ0) is 22.2. The third-order valence-electron chi connectivity index (χ3n) is 7.08. The van der Waals surface area contributed by atoms with Crippen LogP contribution in [-0.2, 0) is 4.75 Å². The van der Waals surface area contributed by atoms with Gasteiger partial charge in [-0.15, -0.1) is 11.8 Å². The first kappa shape index (κ1) is 19.1. The molecule has 0 N–H and O–H groups in total. The standard InChI is InChI=1S/C30H18F2S/c31-20-13-9-18(10-14-20)27-17-26-28(19-11-15-21(32)16-12-19)29-22-5-1-3-7-24(22)30(26,33-27)25-8-4-2-6-23(25)29/h1-17,29H.